The molecule has 2 unspecified atom stereocenters. The Bertz CT molecular complexity index is 975. The van der Waals surface area contributed by atoms with Crippen molar-refractivity contribution in [2.75, 3.05) is 5.73 Å². The number of aromatic nitrogens is 3. The molecule has 1 aliphatic carbocycles. The number of hydrogen-bond donors (Lipinski definition) is 1. The van der Waals surface area contributed by atoms with Crippen LogP contribution in [0.4, 0.5) is 5.82 Å². The molecule has 118 valence electrons. The van der Waals surface area contributed by atoms with Crippen LogP contribution in [0.2, 0.25) is 0 Å². The van der Waals surface area contributed by atoms with Gasteiger partial charge in [0, 0.05) is 17.0 Å². The highest BCUT2D eigenvalue weighted by Crippen LogP contribution is 2.46. The van der Waals surface area contributed by atoms with Crippen LogP contribution in [0.5, 0.6) is 0 Å². The maximum absolute atomic E-state index is 13.1. The van der Waals surface area contributed by atoms with Gasteiger partial charge < -0.3 is 10.3 Å². The van der Waals surface area contributed by atoms with E-state index >= 15 is 0 Å². The lowest BCUT2D eigenvalue weighted by Crippen LogP contribution is -2.31. The fourth-order valence-electron chi connectivity index (χ4n) is 4.14. The molecule has 0 fully saturated rings. The van der Waals surface area contributed by atoms with Gasteiger partial charge in [0.2, 0.25) is 0 Å². The zero-order valence-corrected chi connectivity index (χ0v) is 13.0. The third-order valence-electron chi connectivity index (χ3n) is 5.19. The minimum atomic E-state index is -0.0977. The zero-order chi connectivity index (χ0) is 16.3. The minimum Gasteiger partial charge on any atom is -0.384 e. The summed E-state index contributed by atoms with van der Waals surface area (Å²) in [5.74, 6) is 0.535. The van der Waals surface area contributed by atoms with Gasteiger partial charge in [0.15, 0.2) is 5.78 Å². The number of rotatable bonds is 1. The van der Waals surface area contributed by atoms with Gasteiger partial charge in [0.25, 0.3) is 0 Å². The summed E-state index contributed by atoms with van der Waals surface area (Å²) in [6.07, 6.45) is 5.27. The van der Waals surface area contributed by atoms with Gasteiger partial charge in [-0.1, -0.05) is 24.3 Å². The molecule has 0 saturated heterocycles. The van der Waals surface area contributed by atoms with E-state index in [1.165, 1.54) is 11.1 Å². The van der Waals surface area contributed by atoms with Crippen LogP contribution in [-0.2, 0) is 6.42 Å². The zero-order valence-electron chi connectivity index (χ0n) is 13.0. The van der Waals surface area contributed by atoms with Crippen molar-refractivity contribution in [3.8, 4) is 11.3 Å². The number of aryl methyl sites for hydroxylation is 1. The van der Waals surface area contributed by atoms with Crippen molar-refractivity contribution < 1.29 is 4.79 Å². The van der Waals surface area contributed by atoms with Crippen molar-refractivity contribution in [1.29, 1.82) is 0 Å². The molecule has 5 heteroatoms. The Morgan fingerprint density at radius 2 is 2.00 bits per heavy atom. The van der Waals surface area contributed by atoms with Gasteiger partial charge in [-0.2, -0.15) is 0 Å². The van der Waals surface area contributed by atoms with Crippen molar-refractivity contribution in [2.24, 2.45) is 5.92 Å². The van der Waals surface area contributed by atoms with E-state index in [1.54, 1.807) is 6.07 Å². The van der Waals surface area contributed by atoms with E-state index < -0.39 is 0 Å². The maximum atomic E-state index is 13.1. The summed E-state index contributed by atoms with van der Waals surface area (Å²) in [6, 6.07) is 11.8. The number of fused-ring (bicyclic) bond motifs is 4. The number of carbonyl (C=O) groups excluding carboxylic acids is 1. The van der Waals surface area contributed by atoms with E-state index in [1.807, 2.05) is 30.7 Å². The Morgan fingerprint density at radius 1 is 1.12 bits per heavy atom. The molecule has 0 bridgehead atoms. The summed E-state index contributed by atoms with van der Waals surface area (Å²) in [7, 11) is 0. The number of pyridine rings is 1. The van der Waals surface area contributed by atoms with E-state index in [9.17, 15) is 4.79 Å². The number of nitrogen functional groups attached to an aromatic ring is 1. The first-order valence-electron chi connectivity index (χ1n) is 8.15. The lowest BCUT2D eigenvalue weighted by Gasteiger charge is -2.29. The summed E-state index contributed by atoms with van der Waals surface area (Å²) < 4.78 is 2.14. The standard InChI is InChI=1S/C19H16N4O/c20-17-8-6-13-15(22-17)7-5-14(19(13)24)18-12-4-2-1-3-11(12)16-9-21-10-23(16)18/h1-4,6,8-10,14,18H,5,7H2,(H2,20,22). The first kappa shape index (κ1) is 13.5. The SMILES string of the molecule is Nc1ccc2c(n1)CCC(C1c3ccccc3-c3cncn31)C2=O. The van der Waals surface area contributed by atoms with Crippen LogP contribution in [0.25, 0.3) is 11.3 Å². The third-order valence-corrected chi connectivity index (χ3v) is 5.19. The minimum absolute atomic E-state index is 0.0110. The van der Waals surface area contributed by atoms with E-state index in [-0.39, 0.29) is 17.7 Å². The number of nitrogens with two attached hydrogens (primary N) is 1. The molecule has 1 aliphatic heterocycles. The molecule has 5 rings (SSSR count). The summed E-state index contributed by atoms with van der Waals surface area (Å²) in [5.41, 5.74) is 10.8. The predicted octanol–water partition coefficient (Wildman–Crippen LogP) is 2.88. The van der Waals surface area contributed by atoms with Crippen LogP contribution in [-0.4, -0.2) is 20.3 Å². The molecule has 0 radical (unpaired) electrons. The van der Waals surface area contributed by atoms with Gasteiger partial charge in [0.05, 0.1) is 30.0 Å². The third kappa shape index (κ3) is 1.72. The molecule has 2 aromatic heterocycles. The van der Waals surface area contributed by atoms with Crippen molar-refractivity contribution >= 4 is 11.6 Å². The quantitative estimate of drug-likeness (QED) is 0.749. The van der Waals surface area contributed by atoms with E-state index in [0.717, 1.165) is 24.2 Å². The number of benzene rings is 1. The fraction of sp³-hybridized carbons (Fsp3) is 0.211. The first-order chi connectivity index (χ1) is 11.7. The normalized spacial score (nSPS) is 21.2. The maximum Gasteiger partial charge on any atom is 0.170 e. The molecular weight excluding hydrogens is 300 g/mol. The second kappa shape index (κ2) is 4.77. The second-order valence-corrected chi connectivity index (χ2v) is 6.46. The number of hydrogen-bond acceptors (Lipinski definition) is 4. The van der Waals surface area contributed by atoms with Crippen LogP contribution in [0, 0.1) is 5.92 Å². The molecule has 2 atom stereocenters. The van der Waals surface area contributed by atoms with E-state index in [4.69, 9.17) is 5.73 Å². The van der Waals surface area contributed by atoms with Crippen molar-refractivity contribution in [3.05, 3.63) is 65.7 Å². The number of nitrogens with zero attached hydrogens (tertiary/aromatic N) is 3. The van der Waals surface area contributed by atoms with Gasteiger partial charge in [-0.25, -0.2) is 9.97 Å². The second-order valence-electron chi connectivity index (χ2n) is 6.46. The predicted molar refractivity (Wildman–Crippen MR) is 90.6 cm³/mol. The van der Waals surface area contributed by atoms with Gasteiger partial charge in [0.1, 0.15) is 5.82 Å². The van der Waals surface area contributed by atoms with Gasteiger partial charge in [-0.15, -0.1) is 0 Å². The van der Waals surface area contributed by atoms with Crippen molar-refractivity contribution in [2.45, 2.75) is 18.9 Å². The largest absolute Gasteiger partial charge is 0.384 e. The van der Waals surface area contributed by atoms with Crippen LogP contribution in [0.15, 0.2) is 48.9 Å². The molecule has 3 aromatic rings. The highest BCUT2D eigenvalue weighted by molar-refractivity contribution is 6.01. The Labute approximate surface area is 139 Å². The highest BCUT2D eigenvalue weighted by Gasteiger charge is 2.40. The molecule has 1 aromatic carbocycles. The summed E-state index contributed by atoms with van der Waals surface area (Å²) >= 11 is 0. The summed E-state index contributed by atoms with van der Waals surface area (Å²) in [4.78, 5) is 21.8. The number of imidazole rings is 1. The average molecular weight is 316 g/mol. The van der Waals surface area contributed by atoms with Crippen LogP contribution < -0.4 is 5.73 Å². The Balaban J connectivity index is 1.63. The van der Waals surface area contributed by atoms with Crippen LogP contribution >= 0.6 is 0 Å². The van der Waals surface area contributed by atoms with E-state index in [0.29, 0.717) is 11.4 Å². The van der Waals surface area contributed by atoms with Gasteiger partial charge >= 0.3 is 0 Å². The highest BCUT2D eigenvalue weighted by atomic mass is 16.1. The molecule has 24 heavy (non-hydrogen) atoms. The molecule has 0 saturated carbocycles. The summed E-state index contributed by atoms with van der Waals surface area (Å²) in [6.45, 7) is 0. The molecule has 2 aliphatic rings. The summed E-state index contributed by atoms with van der Waals surface area (Å²) in [5, 5.41) is 0. The van der Waals surface area contributed by atoms with Crippen LogP contribution in [0.1, 0.15) is 34.1 Å². The molecule has 3 heterocycles. The molecule has 5 nitrogen and oxygen atoms in total. The van der Waals surface area contributed by atoms with E-state index in [2.05, 4.69) is 26.7 Å². The fourth-order valence-corrected chi connectivity index (χ4v) is 4.14. The smallest absolute Gasteiger partial charge is 0.170 e. The van der Waals surface area contributed by atoms with Crippen molar-refractivity contribution in [3.63, 3.8) is 0 Å². The lowest BCUT2D eigenvalue weighted by molar-refractivity contribution is 0.0870. The topological polar surface area (TPSA) is 73.8 Å². The van der Waals surface area contributed by atoms with Gasteiger partial charge in [-0.05, 0) is 30.5 Å². The molecular formula is C19H16N4O. The molecule has 0 spiro atoms. The lowest BCUT2D eigenvalue weighted by atomic mass is 9.78. The number of carbonyl (C=O) groups is 1. The first-order valence-corrected chi connectivity index (χ1v) is 8.15. The molecule has 0 amide bonds. The number of anilines is 1. The Morgan fingerprint density at radius 3 is 2.92 bits per heavy atom. The van der Waals surface area contributed by atoms with Crippen molar-refractivity contribution in [1.82, 2.24) is 14.5 Å². The van der Waals surface area contributed by atoms with Gasteiger partial charge in [-0.3, -0.25) is 4.79 Å². The molecule has 2 N–H and O–H groups in total. The number of ketones is 1. The monoisotopic (exact) mass is 316 g/mol. The van der Waals surface area contributed by atoms with Crippen LogP contribution in [0.3, 0.4) is 0 Å². The average Bonchev–Trinajstić information content (AvgIpc) is 3.16. The number of Topliss-reactive ketones (excluding diaryl/α,β-unsaturated/α-hetero) is 1. The Hall–Kier alpha value is -2.95. The Kier molecular flexibility index (Phi) is 2.68.